The summed E-state index contributed by atoms with van der Waals surface area (Å²) in [6.07, 6.45) is 0. The molecule has 0 amide bonds. The van der Waals surface area contributed by atoms with Gasteiger partial charge < -0.3 is 0 Å². The van der Waals surface area contributed by atoms with Gasteiger partial charge in [0.2, 0.25) is 0 Å². The Kier molecular flexibility index (Phi) is 4.59. The first-order valence-electron chi connectivity index (χ1n) is 6.97. The molecule has 0 heteroatoms. The number of hydrogen-bond donors (Lipinski definition) is 0. The molecule has 0 atom stereocenters. The Balaban J connectivity index is 0.00000161. The Bertz CT molecular complexity index is 721. The van der Waals surface area contributed by atoms with Crippen LogP contribution in [0, 0.1) is 13.8 Å². The van der Waals surface area contributed by atoms with Crippen LogP contribution in [0.2, 0.25) is 0 Å². The number of aryl methyl sites for hydroxylation is 2. The highest BCUT2D eigenvalue weighted by Crippen LogP contribution is 2.27. The van der Waals surface area contributed by atoms with E-state index in [1.807, 2.05) is 0 Å². The summed E-state index contributed by atoms with van der Waals surface area (Å²) in [7, 11) is 0. The van der Waals surface area contributed by atoms with E-state index in [0.717, 1.165) is 0 Å². The number of rotatable bonds is 2. The zero-order valence-corrected chi connectivity index (χ0v) is 11.9. The Morgan fingerprint density at radius 1 is 0.571 bits per heavy atom. The van der Waals surface area contributed by atoms with E-state index in [1.165, 1.54) is 33.4 Å². The van der Waals surface area contributed by atoms with Gasteiger partial charge in [-0.1, -0.05) is 85.8 Å². The van der Waals surface area contributed by atoms with E-state index in [4.69, 9.17) is 0 Å². The van der Waals surface area contributed by atoms with E-state index >= 15 is 0 Å². The minimum atomic E-state index is 0. The quantitative estimate of drug-likeness (QED) is 0.516. The standard InChI is InChI=1S/C20H18.CH4/c1-15-6-5-8-19(14-15)17-10-12-18(13-11-17)20-9-4-3-7-16(20)2;/h3-14H,1-2H3;1H4. The lowest BCUT2D eigenvalue weighted by molar-refractivity contribution is 1.45. The second-order valence-electron chi connectivity index (χ2n) is 5.26. The molecule has 0 saturated heterocycles. The fourth-order valence-corrected chi connectivity index (χ4v) is 2.56. The zero-order chi connectivity index (χ0) is 13.9. The molecule has 0 N–H and O–H groups in total. The maximum Gasteiger partial charge on any atom is -0.0155 e. The molecule has 0 heterocycles. The summed E-state index contributed by atoms with van der Waals surface area (Å²) in [6.45, 7) is 4.29. The van der Waals surface area contributed by atoms with Gasteiger partial charge in [0.05, 0.1) is 0 Å². The molecule has 0 aromatic heterocycles. The monoisotopic (exact) mass is 274 g/mol. The Hall–Kier alpha value is -2.34. The Morgan fingerprint density at radius 2 is 1.24 bits per heavy atom. The van der Waals surface area contributed by atoms with E-state index in [2.05, 4.69) is 86.6 Å². The molecule has 0 radical (unpaired) electrons. The van der Waals surface area contributed by atoms with Crippen molar-refractivity contribution in [2.24, 2.45) is 0 Å². The average Bonchev–Trinajstić information content (AvgIpc) is 2.48. The first kappa shape index (κ1) is 15.1. The molecule has 0 unspecified atom stereocenters. The summed E-state index contributed by atoms with van der Waals surface area (Å²) in [5.74, 6) is 0. The third kappa shape index (κ3) is 3.22. The van der Waals surface area contributed by atoms with Gasteiger partial charge in [0, 0.05) is 0 Å². The van der Waals surface area contributed by atoms with Gasteiger partial charge in [0.15, 0.2) is 0 Å². The minimum Gasteiger partial charge on any atom is -0.0776 e. The molecule has 3 rings (SSSR count). The second-order valence-corrected chi connectivity index (χ2v) is 5.26. The van der Waals surface area contributed by atoms with Crippen LogP contribution in [0.25, 0.3) is 22.3 Å². The topological polar surface area (TPSA) is 0 Å². The third-order valence-corrected chi connectivity index (χ3v) is 3.69. The van der Waals surface area contributed by atoms with Crippen molar-refractivity contribution >= 4 is 0 Å². The van der Waals surface area contributed by atoms with Crippen molar-refractivity contribution in [3.8, 4) is 22.3 Å². The smallest absolute Gasteiger partial charge is 0.0155 e. The van der Waals surface area contributed by atoms with Crippen LogP contribution in [0.1, 0.15) is 18.6 Å². The first-order chi connectivity index (χ1) is 9.74. The fourth-order valence-electron chi connectivity index (χ4n) is 2.56. The molecule has 3 aromatic rings. The first-order valence-corrected chi connectivity index (χ1v) is 6.97. The van der Waals surface area contributed by atoms with Crippen LogP contribution in [0.4, 0.5) is 0 Å². The zero-order valence-electron chi connectivity index (χ0n) is 11.9. The lowest BCUT2D eigenvalue weighted by atomic mass is 9.97. The van der Waals surface area contributed by atoms with Crippen LogP contribution in [0.3, 0.4) is 0 Å². The summed E-state index contributed by atoms with van der Waals surface area (Å²) in [5, 5.41) is 0. The summed E-state index contributed by atoms with van der Waals surface area (Å²) in [5.41, 5.74) is 7.75. The van der Waals surface area contributed by atoms with Gasteiger partial charge in [0.1, 0.15) is 0 Å². The molecular formula is C21H22. The summed E-state index contributed by atoms with van der Waals surface area (Å²) in [4.78, 5) is 0. The summed E-state index contributed by atoms with van der Waals surface area (Å²) < 4.78 is 0. The van der Waals surface area contributed by atoms with Gasteiger partial charge in [-0.05, 0) is 41.7 Å². The van der Waals surface area contributed by atoms with Crippen LogP contribution in [-0.4, -0.2) is 0 Å². The number of benzene rings is 3. The minimum absolute atomic E-state index is 0. The largest absolute Gasteiger partial charge is 0.0776 e. The Labute approximate surface area is 128 Å². The highest BCUT2D eigenvalue weighted by atomic mass is 14.1. The highest BCUT2D eigenvalue weighted by Gasteiger charge is 2.02. The van der Waals surface area contributed by atoms with Crippen molar-refractivity contribution in [3.63, 3.8) is 0 Å². The van der Waals surface area contributed by atoms with Crippen molar-refractivity contribution < 1.29 is 0 Å². The van der Waals surface area contributed by atoms with Crippen molar-refractivity contribution in [2.45, 2.75) is 21.3 Å². The molecule has 0 fully saturated rings. The SMILES string of the molecule is C.Cc1cccc(-c2ccc(-c3ccccc3C)cc2)c1. The van der Waals surface area contributed by atoms with Crippen molar-refractivity contribution in [2.75, 3.05) is 0 Å². The molecule has 0 aliphatic carbocycles. The molecule has 3 aromatic carbocycles. The second kappa shape index (κ2) is 6.41. The van der Waals surface area contributed by atoms with Crippen LogP contribution in [-0.2, 0) is 0 Å². The number of hydrogen-bond acceptors (Lipinski definition) is 0. The van der Waals surface area contributed by atoms with E-state index in [0.29, 0.717) is 0 Å². The van der Waals surface area contributed by atoms with Gasteiger partial charge in [0.25, 0.3) is 0 Å². The summed E-state index contributed by atoms with van der Waals surface area (Å²) >= 11 is 0. The molecule has 21 heavy (non-hydrogen) atoms. The maximum atomic E-state index is 2.22. The molecule has 0 nitrogen and oxygen atoms in total. The molecule has 0 aliphatic heterocycles. The lowest BCUT2D eigenvalue weighted by Crippen LogP contribution is -1.84. The predicted octanol–water partition coefficient (Wildman–Crippen LogP) is 6.27. The van der Waals surface area contributed by atoms with E-state index in [9.17, 15) is 0 Å². The van der Waals surface area contributed by atoms with Crippen LogP contribution >= 0.6 is 0 Å². The average molecular weight is 274 g/mol. The van der Waals surface area contributed by atoms with Gasteiger partial charge in [-0.2, -0.15) is 0 Å². The van der Waals surface area contributed by atoms with Crippen LogP contribution in [0.15, 0.2) is 72.8 Å². The lowest BCUT2D eigenvalue weighted by Gasteiger charge is -2.08. The molecule has 0 aliphatic rings. The molecular weight excluding hydrogens is 252 g/mol. The van der Waals surface area contributed by atoms with Crippen LogP contribution < -0.4 is 0 Å². The van der Waals surface area contributed by atoms with E-state index in [1.54, 1.807) is 0 Å². The normalized spacial score (nSPS) is 10.0. The molecule has 0 bridgehead atoms. The van der Waals surface area contributed by atoms with Crippen molar-refractivity contribution in [1.82, 2.24) is 0 Å². The highest BCUT2D eigenvalue weighted by molar-refractivity contribution is 5.72. The molecule has 106 valence electrons. The van der Waals surface area contributed by atoms with Gasteiger partial charge in [-0.25, -0.2) is 0 Å². The van der Waals surface area contributed by atoms with Crippen molar-refractivity contribution in [3.05, 3.63) is 83.9 Å². The third-order valence-electron chi connectivity index (χ3n) is 3.69. The maximum absolute atomic E-state index is 2.22. The van der Waals surface area contributed by atoms with Crippen molar-refractivity contribution in [1.29, 1.82) is 0 Å². The molecule has 0 saturated carbocycles. The molecule has 0 spiro atoms. The van der Waals surface area contributed by atoms with Gasteiger partial charge >= 0.3 is 0 Å². The van der Waals surface area contributed by atoms with E-state index in [-0.39, 0.29) is 7.43 Å². The van der Waals surface area contributed by atoms with Crippen LogP contribution in [0.5, 0.6) is 0 Å². The Morgan fingerprint density at radius 3 is 1.90 bits per heavy atom. The van der Waals surface area contributed by atoms with E-state index < -0.39 is 0 Å². The fraction of sp³-hybridized carbons (Fsp3) is 0.143. The predicted molar refractivity (Wildman–Crippen MR) is 93.5 cm³/mol. The van der Waals surface area contributed by atoms with Gasteiger partial charge in [-0.15, -0.1) is 0 Å². The van der Waals surface area contributed by atoms with Gasteiger partial charge in [-0.3, -0.25) is 0 Å². The summed E-state index contributed by atoms with van der Waals surface area (Å²) in [6, 6.07) is 26.0.